The fraction of sp³-hybridized carbons (Fsp3) is 0.174. The van der Waals surface area contributed by atoms with Crippen molar-refractivity contribution >= 4 is 44.6 Å². The van der Waals surface area contributed by atoms with Crippen LogP contribution < -0.4 is 14.4 Å². The van der Waals surface area contributed by atoms with Crippen LogP contribution in [0.4, 0.5) is 30.2 Å². The van der Waals surface area contributed by atoms with Crippen molar-refractivity contribution in [1.82, 2.24) is 0 Å². The maximum atomic E-state index is 13.5. The molecule has 0 saturated carbocycles. The highest BCUT2D eigenvalue weighted by atomic mass is 35.5. The minimum Gasteiger partial charge on any atom is -0.497 e. The zero-order valence-corrected chi connectivity index (χ0v) is 20.8. The molecule has 3 aromatic carbocycles. The molecule has 0 heterocycles. The normalized spacial score (nSPS) is 11.6. The Hall–Kier alpha value is -3.84. The molecular formula is C23H19ClF3N3O6S. The smallest absolute Gasteiger partial charge is 0.416 e. The second-order valence-corrected chi connectivity index (χ2v) is 9.93. The van der Waals surface area contributed by atoms with Crippen molar-refractivity contribution in [2.24, 2.45) is 0 Å². The van der Waals surface area contributed by atoms with Gasteiger partial charge in [0.05, 0.1) is 38.9 Å². The Morgan fingerprint density at radius 1 is 1.11 bits per heavy atom. The number of carbonyl (C=O) groups excluding carboxylic acids is 1. The summed E-state index contributed by atoms with van der Waals surface area (Å²) in [7, 11) is -3.17. The second kappa shape index (κ2) is 10.6. The minimum atomic E-state index is -4.71. The van der Waals surface area contributed by atoms with Gasteiger partial charge in [-0.2, -0.15) is 13.2 Å². The van der Waals surface area contributed by atoms with E-state index >= 15 is 0 Å². The van der Waals surface area contributed by atoms with E-state index in [9.17, 15) is 36.5 Å². The average Bonchev–Trinajstić information content (AvgIpc) is 2.83. The van der Waals surface area contributed by atoms with E-state index < -0.39 is 49.7 Å². The van der Waals surface area contributed by atoms with Crippen molar-refractivity contribution < 1.29 is 36.0 Å². The molecule has 3 rings (SSSR count). The van der Waals surface area contributed by atoms with E-state index in [0.717, 1.165) is 24.3 Å². The summed E-state index contributed by atoms with van der Waals surface area (Å²) in [6.07, 6.45) is -4.71. The molecule has 0 radical (unpaired) electrons. The quantitative estimate of drug-likeness (QED) is 0.292. The number of benzene rings is 3. The van der Waals surface area contributed by atoms with E-state index in [1.807, 2.05) is 0 Å². The first-order chi connectivity index (χ1) is 17.2. The van der Waals surface area contributed by atoms with Crippen LogP contribution in [0, 0.1) is 17.0 Å². The molecule has 37 heavy (non-hydrogen) atoms. The van der Waals surface area contributed by atoms with E-state index in [1.54, 1.807) is 0 Å². The number of carbonyl (C=O) groups is 1. The number of halogens is 4. The zero-order valence-electron chi connectivity index (χ0n) is 19.2. The molecule has 0 spiro atoms. The Labute approximate surface area is 214 Å². The molecule has 14 heteroatoms. The summed E-state index contributed by atoms with van der Waals surface area (Å²) in [5.41, 5.74) is -1.68. The van der Waals surface area contributed by atoms with E-state index in [2.05, 4.69) is 5.32 Å². The number of alkyl halides is 3. The maximum absolute atomic E-state index is 13.5. The van der Waals surface area contributed by atoms with Gasteiger partial charge in [-0.1, -0.05) is 17.7 Å². The Morgan fingerprint density at radius 2 is 1.76 bits per heavy atom. The third kappa shape index (κ3) is 6.30. The number of methoxy groups -OCH3 is 1. The van der Waals surface area contributed by atoms with E-state index in [-0.39, 0.29) is 22.0 Å². The van der Waals surface area contributed by atoms with Crippen molar-refractivity contribution in [2.45, 2.75) is 18.0 Å². The van der Waals surface area contributed by atoms with Crippen LogP contribution in [-0.2, 0) is 21.0 Å². The molecule has 1 N–H and O–H groups in total. The lowest BCUT2D eigenvalue weighted by atomic mass is 10.2. The Morgan fingerprint density at radius 3 is 2.32 bits per heavy atom. The van der Waals surface area contributed by atoms with Gasteiger partial charge in [-0.25, -0.2) is 8.42 Å². The third-order valence-corrected chi connectivity index (χ3v) is 7.28. The highest BCUT2D eigenvalue weighted by molar-refractivity contribution is 7.92. The van der Waals surface area contributed by atoms with Crippen molar-refractivity contribution in [3.8, 4) is 5.75 Å². The van der Waals surface area contributed by atoms with Gasteiger partial charge in [-0.05, 0) is 55.5 Å². The van der Waals surface area contributed by atoms with Gasteiger partial charge in [0.2, 0.25) is 5.91 Å². The molecule has 0 aliphatic heterocycles. The lowest BCUT2D eigenvalue weighted by Gasteiger charge is -2.24. The zero-order chi connectivity index (χ0) is 27.5. The first kappa shape index (κ1) is 27.7. The predicted molar refractivity (Wildman–Crippen MR) is 130 cm³/mol. The van der Waals surface area contributed by atoms with Gasteiger partial charge < -0.3 is 10.1 Å². The molecule has 0 unspecified atom stereocenters. The molecule has 0 aliphatic carbocycles. The number of ether oxygens (including phenoxy) is 1. The largest absolute Gasteiger partial charge is 0.497 e. The second-order valence-electron chi connectivity index (χ2n) is 7.66. The standard InChI is InChI=1S/C23H19ClF3N3O6S/c1-14-3-9-18(12-21(14)30(32)33)37(34,35)29(16-5-7-17(36-2)8-6-16)13-22(31)28-20-11-15(23(25,26)27)4-10-19(20)24/h3-12H,13H2,1-2H3,(H,28,31). The minimum absolute atomic E-state index is 0.00526. The summed E-state index contributed by atoms with van der Waals surface area (Å²) in [5, 5.41) is 13.3. The van der Waals surface area contributed by atoms with Crippen LogP contribution in [0.5, 0.6) is 5.75 Å². The summed E-state index contributed by atoms with van der Waals surface area (Å²) in [4.78, 5) is 23.0. The summed E-state index contributed by atoms with van der Waals surface area (Å²) in [6.45, 7) is 0.547. The van der Waals surface area contributed by atoms with E-state index in [4.69, 9.17) is 16.3 Å². The predicted octanol–water partition coefficient (Wildman–Crippen LogP) is 5.42. The van der Waals surface area contributed by atoms with E-state index in [1.165, 1.54) is 44.4 Å². The summed E-state index contributed by atoms with van der Waals surface area (Å²) in [6, 6.07) is 11.1. The van der Waals surface area contributed by atoms with Crippen molar-refractivity contribution in [1.29, 1.82) is 0 Å². The number of sulfonamides is 1. The molecule has 0 fully saturated rings. The Balaban J connectivity index is 2.02. The summed E-state index contributed by atoms with van der Waals surface area (Å²) in [5.74, 6) is -0.630. The maximum Gasteiger partial charge on any atom is 0.416 e. The molecule has 1 amide bonds. The fourth-order valence-electron chi connectivity index (χ4n) is 3.25. The highest BCUT2D eigenvalue weighted by Crippen LogP contribution is 2.34. The van der Waals surface area contributed by atoms with Crippen LogP contribution in [0.1, 0.15) is 11.1 Å². The van der Waals surface area contributed by atoms with Crippen LogP contribution >= 0.6 is 11.6 Å². The molecular weight excluding hydrogens is 539 g/mol. The SMILES string of the molecule is COc1ccc(N(CC(=O)Nc2cc(C(F)(F)F)ccc2Cl)S(=O)(=O)c2ccc(C)c([N+](=O)[O-])c2)cc1. The van der Waals surface area contributed by atoms with Gasteiger partial charge in [0.1, 0.15) is 12.3 Å². The number of aryl methyl sites for hydroxylation is 1. The summed E-state index contributed by atoms with van der Waals surface area (Å²) >= 11 is 5.93. The van der Waals surface area contributed by atoms with Crippen molar-refractivity contribution in [2.75, 3.05) is 23.3 Å². The Kier molecular flexibility index (Phi) is 7.98. The van der Waals surface area contributed by atoms with Gasteiger partial charge in [0, 0.05) is 11.6 Å². The molecule has 0 aromatic heterocycles. The van der Waals surface area contributed by atoms with Crippen LogP contribution in [0.15, 0.2) is 65.6 Å². The van der Waals surface area contributed by atoms with Gasteiger partial charge in [0.15, 0.2) is 0 Å². The first-order valence-corrected chi connectivity index (χ1v) is 12.1. The number of hydrogen-bond acceptors (Lipinski definition) is 6. The molecule has 3 aromatic rings. The third-order valence-electron chi connectivity index (χ3n) is 5.18. The van der Waals surface area contributed by atoms with Crippen molar-refractivity contribution in [3.63, 3.8) is 0 Å². The van der Waals surface area contributed by atoms with Crippen LogP contribution in [0.3, 0.4) is 0 Å². The van der Waals surface area contributed by atoms with Gasteiger partial charge in [-0.15, -0.1) is 0 Å². The number of nitrogens with zero attached hydrogens (tertiary/aromatic N) is 2. The average molecular weight is 558 g/mol. The first-order valence-electron chi connectivity index (χ1n) is 10.3. The number of nitrogens with one attached hydrogen (secondary N) is 1. The highest BCUT2D eigenvalue weighted by Gasteiger charge is 2.32. The van der Waals surface area contributed by atoms with E-state index in [0.29, 0.717) is 16.1 Å². The molecule has 0 atom stereocenters. The topological polar surface area (TPSA) is 119 Å². The number of hydrogen-bond donors (Lipinski definition) is 1. The van der Waals surface area contributed by atoms with Crippen LogP contribution in [0.25, 0.3) is 0 Å². The monoisotopic (exact) mass is 557 g/mol. The fourth-order valence-corrected chi connectivity index (χ4v) is 4.86. The van der Waals surface area contributed by atoms with Gasteiger partial charge in [-0.3, -0.25) is 19.2 Å². The number of amides is 1. The molecule has 0 aliphatic rings. The van der Waals surface area contributed by atoms with Gasteiger partial charge in [0.25, 0.3) is 15.7 Å². The molecule has 9 nitrogen and oxygen atoms in total. The van der Waals surface area contributed by atoms with Crippen LogP contribution in [0.2, 0.25) is 5.02 Å². The molecule has 0 bridgehead atoms. The number of anilines is 2. The number of rotatable bonds is 8. The Bertz CT molecular complexity index is 1450. The van der Waals surface area contributed by atoms with Crippen molar-refractivity contribution in [3.05, 3.63) is 86.9 Å². The number of nitro groups is 1. The van der Waals surface area contributed by atoms with Gasteiger partial charge >= 0.3 is 6.18 Å². The summed E-state index contributed by atoms with van der Waals surface area (Å²) < 4.78 is 72.1. The lowest BCUT2D eigenvalue weighted by Crippen LogP contribution is -2.38. The lowest BCUT2D eigenvalue weighted by molar-refractivity contribution is -0.385. The van der Waals surface area contributed by atoms with Crippen LogP contribution in [-0.4, -0.2) is 32.9 Å². The molecule has 0 saturated heterocycles. The molecule has 196 valence electrons. The number of nitro benzene ring substituents is 1.